The van der Waals surface area contributed by atoms with E-state index in [1.807, 2.05) is 24.2 Å². The summed E-state index contributed by atoms with van der Waals surface area (Å²) in [6.45, 7) is 3.02. The second-order valence-electron chi connectivity index (χ2n) is 7.00. The summed E-state index contributed by atoms with van der Waals surface area (Å²) in [5.41, 5.74) is 4.40. The number of nitrogens with one attached hydrogen (secondary N) is 1. The van der Waals surface area contributed by atoms with Crippen LogP contribution in [0.4, 0.5) is 13.2 Å². The summed E-state index contributed by atoms with van der Waals surface area (Å²) in [6.07, 6.45) is 0.854. The maximum absolute atomic E-state index is 12.9. The van der Waals surface area contributed by atoms with Crippen LogP contribution in [0.5, 0.6) is 5.75 Å². The Balaban J connectivity index is 1.57. The predicted octanol–water partition coefficient (Wildman–Crippen LogP) is 3.68. The first-order valence-electron chi connectivity index (χ1n) is 9.36. The molecular formula is C21H19F3N4O2. The van der Waals surface area contributed by atoms with E-state index in [9.17, 15) is 18.0 Å². The van der Waals surface area contributed by atoms with Gasteiger partial charge in [-0.15, -0.1) is 13.2 Å². The number of benzene rings is 2. The molecule has 0 saturated heterocycles. The van der Waals surface area contributed by atoms with Crippen LogP contribution >= 0.6 is 0 Å². The Morgan fingerprint density at radius 2 is 1.83 bits per heavy atom. The van der Waals surface area contributed by atoms with Gasteiger partial charge in [-0.05, 0) is 42.3 Å². The van der Waals surface area contributed by atoms with E-state index in [1.54, 1.807) is 24.4 Å². The molecule has 1 aliphatic rings. The fourth-order valence-electron chi connectivity index (χ4n) is 3.29. The highest BCUT2D eigenvalue weighted by Gasteiger charge is 2.30. The minimum atomic E-state index is -4.74. The van der Waals surface area contributed by atoms with Crippen molar-refractivity contribution in [3.63, 3.8) is 0 Å². The highest BCUT2D eigenvalue weighted by molar-refractivity contribution is 5.86. The molecular weight excluding hydrogens is 397 g/mol. The van der Waals surface area contributed by atoms with Gasteiger partial charge in [-0.2, -0.15) is 5.10 Å². The Bertz CT molecular complexity index is 1140. The molecule has 6 nitrogen and oxygen atoms in total. The molecule has 1 aliphatic heterocycles. The van der Waals surface area contributed by atoms with Crippen molar-refractivity contribution in [1.82, 2.24) is 20.2 Å². The molecule has 2 aromatic carbocycles. The van der Waals surface area contributed by atoms with Crippen LogP contribution in [0.25, 0.3) is 21.9 Å². The molecule has 0 radical (unpaired) electrons. The molecule has 1 atom stereocenters. The molecule has 2 heterocycles. The molecule has 0 amide bonds. The fourth-order valence-corrected chi connectivity index (χ4v) is 3.29. The Morgan fingerprint density at radius 1 is 1.10 bits per heavy atom. The van der Waals surface area contributed by atoms with Crippen LogP contribution in [0.15, 0.2) is 65.7 Å². The number of alkyl halides is 3. The van der Waals surface area contributed by atoms with E-state index in [2.05, 4.69) is 15.3 Å². The van der Waals surface area contributed by atoms with Crippen molar-refractivity contribution < 1.29 is 17.9 Å². The van der Waals surface area contributed by atoms with Gasteiger partial charge in [0, 0.05) is 17.6 Å². The number of rotatable bonds is 5. The number of nitrogens with zero attached hydrogens (tertiary/aromatic N) is 3. The van der Waals surface area contributed by atoms with E-state index in [-0.39, 0.29) is 17.4 Å². The average Bonchev–Trinajstić information content (AvgIpc) is 3.12. The topological polar surface area (TPSA) is 59.4 Å². The number of hydrogen-bond acceptors (Lipinski definition) is 5. The molecule has 0 spiro atoms. The lowest BCUT2D eigenvalue weighted by atomic mass is 10.0. The molecule has 4 rings (SSSR count). The van der Waals surface area contributed by atoms with Gasteiger partial charge in [-0.3, -0.25) is 4.79 Å². The van der Waals surface area contributed by atoms with Crippen molar-refractivity contribution >= 4 is 10.8 Å². The van der Waals surface area contributed by atoms with E-state index in [0.717, 1.165) is 0 Å². The predicted molar refractivity (Wildman–Crippen MR) is 107 cm³/mol. The molecule has 0 bridgehead atoms. The number of halogens is 3. The van der Waals surface area contributed by atoms with Crippen LogP contribution < -0.4 is 15.7 Å². The van der Waals surface area contributed by atoms with Gasteiger partial charge in [-0.25, -0.2) is 10.1 Å². The molecule has 0 aliphatic carbocycles. The third-order valence-corrected chi connectivity index (χ3v) is 4.75. The monoisotopic (exact) mass is 416 g/mol. The largest absolute Gasteiger partial charge is 0.573 e. The van der Waals surface area contributed by atoms with Crippen molar-refractivity contribution in [2.75, 3.05) is 6.54 Å². The summed E-state index contributed by atoms with van der Waals surface area (Å²) in [4.78, 5) is 12.9. The number of fused-ring (bicyclic) bond motifs is 1. The molecule has 156 valence electrons. The van der Waals surface area contributed by atoms with Gasteiger partial charge < -0.3 is 9.75 Å². The highest BCUT2D eigenvalue weighted by Crippen LogP contribution is 2.27. The first-order chi connectivity index (χ1) is 14.3. The lowest BCUT2D eigenvalue weighted by molar-refractivity contribution is -0.274. The van der Waals surface area contributed by atoms with Crippen LogP contribution in [-0.2, 0) is 6.54 Å². The molecule has 1 N–H and O–H groups in total. The number of hydrogen-bond donors (Lipinski definition) is 1. The molecule has 0 saturated carbocycles. The zero-order valence-electron chi connectivity index (χ0n) is 16.1. The zero-order chi connectivity index (χ0) is 21.3. The van der Waals surface area contributed by atoms with Crippen LogP contribution in [0, 0.1) is 0 Å². The van der Waals surface area contributed by atoms with Gasteiger partial charge in [0.15, 0.2) is 0 Å². The summed E-state index contributed by atoms with van der Waals surface area (Å²) in [7, 11) is 0. The van der Waals surface area contributed by atoms with Gasteiger partial charge in [0.25, 0.3) is 5.56 Å². The molecule has 1 aromatic heterocycles. The second kappa shape index (κ2) is 7.83. The standard InChI is InChI=1S/C21H19F3N4O2/c1-14-8-9-27(26-14)10-11-28-20(29)19-12-16(2-3-17(19)13-25-28)15-4-6-18(7-5-15)30-21(22,23)24/h2-9,12-14,26H,10-11H2,1H3. The number of ether oxygens (including phenoxy) is 1. The first kappa shape index (κ1) is 20.0. The fraction of sp³-hybridized carbons (Fsp3) is 0.238. The van der Waals surface area contributed by atoms with Crippen LogP contribution in [0.2, 0.25) is 0 Å². The number of aromatic nitrogens is 2. The third-order valence-electron chi connectivity index (χ3n) is 4.75. The van der Waals surface area contributed by atoms with Gasteiger partial charge in [-0.1, -0.05) is 24.3 Å². The average molecular weight is 416 g/mol. The van der Waals surface area contributed by atoms with Gasteiger partial charge >= 0.3 is 6.36 Å². The lowest BCUT2D eigenvalue weighted by Gasteiger charge is -2.18. The third kappa shape index (κ3) is 4.46. The minimum absolute atomic E-state index is 0.220. The highest BCUT2D eigenvalue weighted by atomic mass is 19.4. The normalized spacial score (nSPS) is 16.4. The van der Waals surface area contributed by atoms with Gasteiger partial charge in [0.2, 0.25) is 0 Å². The molecule has 1 unspecified atom stereocenters. The van der Waals surface area contributed by atoms with E-state index in [4.69, 9.17) is 0 Å². The van der Waals surface area contributed by atoms with Crippen molar-refractivity contribution in [2.24, 2.45) is 0 Å². The van der Waals surface area contributed by atoms with Crippen molar-refractivity contribution in [3.05, 3.63) is 71.3 Å². The van der Waals surface area contributed by atoms with Gasteiger partial charge in [0.1, 0.15) is 5.75 Å². The van der Waals surface area contributed by atoms with Crippen LogP contribution in [0.1, 0.15) is 6.92 Å². The maximum Gasteiger partial charge on any atom is 0.573 e. The summed E-state index contributed by atoms with van der Waals surface area (Å²) < 4.78 is 42.3. The zero-order valence-corrected chi connectivity index (χ0v) is 16.1. The van der Waals surface area contributed by atoms with E-state index >= 15 is 0 Å². The Hall–Kier alpha value is -3.33. The van der Waals surface area contributed by atoms with Crippen molar-refractivity contribution in [2.45, 2.75) is 25.9 Å². The van der Waals surface area contributed by atoms with E-state index < -0.39 is 6.36 Å². The van der Waals surface area contributed by atoms with E-state index in [1.165, 1.54) is 28.9 Å². The lowest BCUT2D eigenvalue weighted by Crippen LogP contribution is -2.37. The summed E-state index contributed by atoms with van der Waals surface area (Å²) >= 11 is 0. The van der Waals surface area contributed by atoms with Gasteiger partial charge in [0.05, 0.1) is 24.7 Å². The van der Waals surface area contributed by atoms with E-state index in [0.29, 0.717) is 35.0 Å². The Morgan fingerprint density at radius 3 is 2.50 bits per heavy atom. The van der Waals surface area contributed by atoms with Crippen molar-refractivity contribution in [3.8, 4) is 16.9 Å². The van der Waals surface area contributed by atoms with Crippen LogP contribution in [0.3, 0.4) is 0 Å². The maximum atomic E-state index is 12.9. The summed E-state index contributed by atoms with van der Waals surface area (Å²) in [6, 6.07) is 11.1. The molecule has 30 heavy (non-hydrogen) atoms. The second-order valence-corrected chi connectivity index (χ2v) is 7.00. The smallest absolute Gasteiger partial charge is 0.406 e. The molecule has 0 fully saturated rings. The Labute approximate surface area is 170 Å². The Kier molecular flexibility index (Phi) is 5.21. The quantitative estimate of drug-likeness (QED) is 0.688. The summed E-state index contributed by atoms with van der Waals surface area (Å²) in [5, 5.41) is 7.34. The summed E-state index contributed by atoms with van der Waals surface area (Å²) in [5.74, 6) is -0.294. The van der Waals surface area contributed by atoms with Crippen LogP contribution in [-0.4, -0.2) is 33.7 Å². The molecule has 3 aromatic rings. The molecule has 9 heteroatoms. The first-order valence-corrected chi connectivity index (χ1v) is 9.36. The number of hydrazine groups is 1. The SMILES string of the molecule is CC1C=CN(CCn2ncc3ccc(-c4ccc(OC(F)(F)F)cc4)cc3c2=O)N1. The minimum Gasteiger partial charge on any atom is -0.406 e. The van der Waals surface area contributed by atoms with Crippen molar-refractivity contribution in [1.29, 1.82) is 0 Å².